The van der Waals surface area contributed by atoms with Crippen LogP contribution in [0, 0.1) is 18.6 Å². The van der Waals surface area contributed by atoms with E-state index in [4.69, 9.17) is 0 Å². The van der Waals surface area contributed by atoms with Crippen LogP contribution in [-0.2, 0) is 16.8 Å². The van der Waals surface area contributed by atoms with E-state index in [-0.39, 0.29) is 24.4 Å². The van der Waals surface area contributed by atoms with Gasteiger partial charge in [0.2, 0.25) is 5.91 Å². The van der Waals surface area contributed by atoms with Crippen LogP contribution in [0.25, 0.3) is 10.4 Å². The minimum absolute atomic E-state index is 0.122. The van der Waals surface area contributed by atoms with Gasteiger partial charge in [0.15, 0.2) is 0 Å². The Balaban J connectivity index is 1.55. The third-order valence-corrected chi connectivity index (χ3v) is 8.19. The number of aliphatic hydroxyl groups excluding tert-OH is 1. The number of carbonyl (C=O) groups is 1. The van der Waals surface area contributed by atoms with Gasteiger partial charge in [-0.25, -0.2) is 8.78 Å². The van der Waals surface area contributed by atoms with Gasteiger partial charge < -0.3 is 15.7 Å². The lowest BCUT2D eigenvalue weighted by Crippen LogP contribution is -2.53. The number of hydrogen-bond acceptors (Lipinski definition) is 4. The van der Waals surface area contributed by atoms with Crippen molar-refractivity contribution in [1.82, 2.24) is 10.6 Å². The van der Waals surface area contributed by atoms with Gasteiger partial charge in [0.25, 0.3) is 0 Å². The molecule has 1 aromatic heterocycles. The lowest BCUT2D eigenvalue weighted by molar-refractivity contribution is -0.120. The largest absolute Gasteiger partial charge is 0.390 e. The van der Waals surface area contributed by atoms with Crippen molar-refractivity contribution < 1.29 is 18.7 Å². The Morgan fingerprint density at radius 1 is 1.08 bits per heavy atom. The first-order valence-corrected chi connectivity index (χ1v) is 13.4. The molecule has 2 atom stereocenters. The van der Waals surface area contributed by atoms with Crippen molar-refractivity contribution in [2.75, 3.05) is 6.54 Å². The Labute approximate surface area is 215 Å². The predicted octanol–water partition coefficient (Wildman–Crippen LogP) is 5.86. The summed E-state index contributed by atoms with van der Waals surface area (Å²) in [6.45, 7) is 3.74. The molecule has 1 aliphatic carbocycles. The van der Waals surface area contributed by atoms with Gasteiger partial charge in [-0.15, -0.1) is 11.3 Å². The molecule has 36 heavy (non-hydrogen) atoms. The summed E-state index contributed by atoms with van der Waals surface area (Å²) in [5, 5.41) is 19.7. The summed E-state index contributed by atoms with van der Waals surface area (Å²) in [6, 6.07) is 13.4. The smallest absolute Gasteiger partial charge is 0.217 e. The zero-order valence-corrected chi connectivity index (χ0v) is 21.6. The number of halogens is 2. The Hall–Kier alpha value is -2.61. The molecule has 4 rings (SSSR count). The van der Waals surface area contributed by atoms with Crippen LogP contribution in [0.1, 0.15) is 55.7 Å². The van der Waals surface area contributed by atoms with Gasteiger partial charge in [0, 0.05) is 30.0 Å². The second-order valence-corrected chi connectivity index (χ2v) is 10.8. The SMILES string of the molecule is CC(=O)N[C@@H](Cc1cc(F)cc(F)c1)[C@@H](O)CNC1(c2cccc(-c3sccc3C)c2)CCCCC1. The molecule has 1 fully saturated rings. The predicted molar refractivity (Wildman–Crippen MR) is 141 cm³/mol. The third-order valence-electron chi connectivity index (χ3n) is 7.13. The third kappa shape index (κ3) is 6.38. The fraction of sp³-hybridized carbons (Fsp3) is 0.414. The monoisotopic (exact) mass is 512 g/mol. The molecule has 0 saturated heterocycles. The number of rotatable bonds is 9. The molecule has 3 aromatic rings. The molecule has 1 saturated carbocycles. The second kappa shape index (κ2) is 11.6. The Morgan fingerprint density at radius 2 is 1.81 bits per heavy atom. The molecule has 7 heteroatoms. The van der Waals surface area contributed by atoms with Gasteiger partial charge in [0.05, 0.1) is 12.1 Å². The molecule has 0 aliphatic heterocycles. The molecule has 3 N–H and O–H groups in total. The van der Waals surface area contributed by atoms with Gasteiger partial charge in [-0.05, 0) is 78.1 Å². The molecular formula is C29H34F2N2O2S. The number of carbonyl (C=O) groups excluding carboxylic acids is 1. The zero-order chi connectivity index (χ0) is 25.7. The summed E-state index contributed by atoms with van der Waals surface area (Å²) in [5.41, 5.74) is 3.74. The van der Waals surface area contributed by atoms with Crippen molar-refractivity contribution in [2.45, 2.75) is 70.1 Å². The first-order valence-electron chi connectivity index (χ1n) is 12.6. The Morgan fingerprint density at radius 3 is 2.44 bits per heavy atom. The van der Waals surface area contributed by atoms with Crippen LogP contribution >= 0.6 is 11.3 Å². The molecule has 192 valence electrons. The highest BCUT2D eigenvalue weighted by atomic mass is 32.1. The lowest BCUT2D eigenvalue weighted by Gasteiger charge is -2.40. The molecule has 4 nitrogen and oxygen atoms in total. The van der Waals surface area contributed by atoms with Crippen molar-refractivity contribution in [3.63, 3.8) is 0 Å². The normalized spacial score (nSPS) is 16.9. The van der Waals surface area contributed by atoms with Crippen LogP contribution in [0.5, 0.6) is 0 Å². The van der Waals surface area contributed by atoms with E-state index in [0.29, 0.717) is 5.56 Å². The minimum atomic E-state index is -0.943. The lowest BCUT2D eigenvalue weighted by atomic mass is 9.76. The maximum Gasteiger partial charge on any atom is 0.217 e. The fourth-order valence-corrected chi connectivity index (χ4v) is 6.24. The van der Waals surface area contributed by atoms with E-state index in [1.54, 1.807) is 11.3 Å². The molecule has 0 unspecified atom stereocenters. The molecule has 1 aliphatic rings. The van der Waals surface area contributed by atoms with Crippen molar-refractivity contribution in [3.05, 3.63) is 82.2 Å². The van der Waals surface area contributed by atoms with Gasteiger partial charge in [-0.3, -0.25) is 4.79 Å². The van der Waals surface area contributed by atoms with E-state index in [9.17, 15) is 18.7 Å². The van der Waals surface area contributed by atoms with Crippen LogP contribution in [0.2, 0.25) is 0 Å². The van der Waals surface area contributed by atoms with Gasteiger partial charge in [0.1, 0.15) is 11.6 Å². The van der Waals surface area contributed by atoms with E-state index < -0.39 is 23.8 Å². The number of aliphatic hydroxyl groups is 1. The van der Waals surface area contributed by atoms with E-state index >= 15 is 0 Å². The van der Waals surface area contributed by atoms with Crippen molar-refractivity contribution in [3.8, 4) is 10.4 Å². The standard InChI is InChI=1S/C29H34F2N2O2S/c1-19-9-12-36-28(19)22-7-6-8-23(16-22)29(10-4-3-5-11-29)32-18-27(35)26(33-20(2)34)15-21-13-24(30)17-25(31)14-21/h6-9,12-14,16-17,26-27,32,35H,3-5,10-11,15,18H2,1-2H3,(H,33,34)/t26-,27-/m0/s1. The number of hydrogen-bond donors (Lipinski definition) is 3. The van der Waals surface area contributed by atoms with E-state index in [1.807, 2.05) is 0 Å². The van der Waals surface area contributed by atoms with E-state index in [2.05, 4.69) is 53.3 Å². The summed E-state index contributed by atoms with van der Waals surface area (Å²) in [4.78, 5) is 13.1. The first kappa shape index (κ1) is 26.5. The number of aryl methyl sites for hydroxylation is 1. The van der Waals surface area contributed by atoms with Gasteiger partial charge in [-0.1, -0.05) is 37.5 Å². The minimum Gasteiger partial charge on any atom is -0.390 e. The van der Waals surface area contributed by atoms with Crippen LogP contribution in [0.3, 0.4) is 0 Å². The van der Waals surface area contributed by atoms with Crippen molar-refractivity contribution in [2.24, 2.45) is 0 Å². The number of benzene rings is 2. The molecule has 1 amide bonds. The van der Waals surface area contributed by atoms with Gasteiger partial charge in [-0.2, -0.15) is 0 Å². The topological polar surface area (TPSA) is 61.4 Å². The average molecular weight is 513 g/mol. The number of thiophene rings is 1. The summed E-state index contributed by atoms with van der Waals surface area (Å²) in [5.74, 6) is -1.66. The molecular weight excluding hydrogens is 478 g/mol. The average Bonchev–Trinajstić information content (AvgIpc) is 3.28. The highest BCUT2D eigenvalue weighted by Gasteiger charge is 2.35. The van der Waals surface area contributed by atoms with Crippen molar-refractivity contribution >= 4 is 17.2 Å². The van der Waals surface area contributed by atoms with Crippen LogP contribution in [-0.4, -0.2) is 29.7 Å². The maximum atomic E-state index is 13.7. The molecule has 0 bridgehead atoms. The molecule has 1 heterocycles. The van der Waals surface area contributed by atoms with Crippen LogP contribution in [0.15, 0.2) is 53.9 Å². The summed E-state index contributed by atoms with van der Waals surface area (Å²) in [7, 11) is 0. The van der Waals surface area contributed by atoms with Crippen LogP contribution in [0.4, 0.5) is 8.78 Å². The highest BCUT2D eigenvalue weighted by Crippen LogP contribution is 2.39. The number of amides is 1. The summed E-state index contributed by atoms with van der Waals surface area (Å²) in [6.07, 6.45) is 4.43. The number of nitrogens with one attached hydrogen (secondary N) is 2. The van der Waals surface area contributed by atoms with Crippen LogP contribution < -0.4 is 10.6 Å². The van der Waals surface area contributed by atoms with E-state index in [1.165, 1.54) is 47.0 Å². The quantitative estimate of drug-likeness (QED) is 0.337. The first-order chi connectivity index (χ1) is 17.3. The second-order valence-electron chi connectivity index (χ2n) is 9.89. The zero-order valence-electron chi connectivity index (χ0n) is 20.8. The Bertz CT molecular complexity index is 1170. The van der Waals surface area contributed by atoms with Crippen molar-refractivity contribution in [1.29, 1.82) is 0 Å². The molecule has 0 spiro atoms. The maximum absolute atomic E-state index is 13.7. The highest BCUT2D eigenvalue weighted by molar-refractivity contribution is 7.13. The molecule has 0 radical (unpaired) electrons. The summed E-state index contributed by atoms with van der Waals surface area (Å²) >= 11 is 1.73. The molecule has 2 aromatic carbocycles. The summed E-state index contributed by atoms with van der Waals surface area (Å²) < 4.78 is 27.5. The Kier molecular flexibility index (Phi) is 8.54. The van der Waals surface area contributed by atoms with Gasteiger partial charge >= 0.3 is 0 Å². The fourth-order valence-electron chi connectivity index (χ4n) is 5.32. The van der Waals surface area contributed by atoms with E-state index in [0.717, 1.165) is 31.7 Å².